The molecule has 2 amide bonds. The SMILES string of the molecule is O=C(CN(NC(=O)c1cccs1)C(=O)C1=CN=CCC1)c1cccs1. The van der Waals surface area contributed by atoms with Gasteiger partial charge in [-0.2, -0.15) is 0 Å². The number of amides is 2. The molecule has 3 heterocycles. The van der Waals surface area contributed by atoms with E-state index in [9.17, 15) is 14.4 Å². The van der Waals surface area contributed by atoms with Gasteiger partial charge in [-0.05, 0) is 35.7 Å². The topological polar surface area (TPSA) is 78.8 Å². The van der Waals surface area contributed by atoms with Gasteiger partial charge in [-0.3, -0.25) is 24.8 Å². The van der Waals surface area contributed by atoms with E-state index in [-0.39, 0.29) is 12.3 Å². The van der Waals surface area contributed by atoms with Gasteiger partial charge in [0, 0.05) is 18.0 Å². The number of hydrazine groups is 1. The third-order valence-electron chi connectivity index (χ3n) is 3.48. The van der Waals surface area contributed by atoms with Crippen molar-refractivity contribution in [2.45, 2.75) is 12.8 Å². The van der Waals surface area contributed by atoms with Gasteiger partial charge in [-0.15, -0.1) is 22.7 Å². The first-order chi connectivity index (χ1) is 12.1. The van der Waals surface area contributed by atoms with Crippen molar-refractivity contribution in [1.29, 1.82) is 0 Å². The zero-order valence-corrected chi connectivity index (χ0v) is 14.8. The number of rotatable bonds is 5. The smallest absolute Gasteiger partial charge is 0.279 e. The number of nitrogens with zero attached hydrogens (tertiary/aromatic N) is 2. The molecule has 1 N–H and O–H groups in total. The van der Waals surface area contributed by atoms with Crippen molar-refractivity contribution in [2.75, 3.05) is 6.54 Å². The molecule has 0 atom stereocenters. The molecule has 25 heavy (non-hydrogen) atoms. The molecular weight excluding hydrogens is 358 g/mol. The van der Waals surface area contributed by atoms with Crippen LogP contribution in [0.15, 0.2) is 51.8 Å². The van der Waals surface area contributed by atoms with Crippen molar-refractivity contribution in [3.8, 4) is 0 Å². The van der Waals surface area contributed by atoms with Crippen LogP contribution in [-0.4, -0.2) is 35.4 Å². The summed E-state index contributed by atoms with van der Waals surface area (Å²) in [6.45, 7) is -0.225. The van der Waals surface area contributed by atoms with Crippen LogP contribution in [0, 0.1) is 0 Å². The van der Waals surface area contributed by atoms with Crippen molar-refractivity contribution < 1.29 is 14.4 Å². The molecule has 2 aromatic rings. The summed E-state index contributed by atoms with van der Waals surface area (Å²) in [5, 5.41) is 4.65. The van der Waals surface area contributed by atoms with Gasteiger partial charge in [-0.1, -0.05) is 12.1 Å². The molecule has 8 heteroatoms. The summed E-state index contributed by atoms with van der Waals surface area (Å²) in [7, 11) is 0. The molecule has 3 rings (SSSR count). The summed E-state index contributed by atoms with van der Waals surface area (Å²) in [5.41, 5.74) is 3.02. The number of ketones is 1. The highest BCUT2D eigenvalue weighted by Gasteiger charge is 2.25. The van der Waals surface area contributed by atoms with Crippen molar-refractivity contribution in [3.05, 3.63) is 56.6 Å². The number of carbonyl (C=O) groups excluding carboxylic acids is 3. The highest BCUT2D eigenvalue weighted by molar-refractivity contribution is 7.12. The predicted molar refractivity (Wildman–Crippen MR) is 98.0 cm³/mol. The van der Waals surface area contributed by atoms with Crippen LogP contribution in [0.1, 0.15) is 32.2 Å². The average molecular weight is 373 g/mol. The standard InChI is InChI=1S/C17H15N3O3S2/c21-13(14-5-2-8-24-14)11-20(17(23)12-4-1-7-18-10-12)19-16(22)15-6-3-9-25-15/h2-3,5-10H,1,4,11H2,(H,19,22). The van der Waals surface area contributed by atoms with Crippen LogP contribution >= 0.6 is 22.7 Å². The zero-order chi connectivity index (χ0) is 17.6. The van der Waals surface area contributed by atoms with E-state index in [1.165, 1.54) is 28.9 Å². The monoisotopic (exact) mass is 373 g/mol. The van der Waals surface area contributed by atoms with Gasteiger partial charge in [0.1, 0.15) is 6.54 Å². The molecule has 0 saturated carbocycles. The number of hydrogen-bond donors (Lipinski definition) is 1. The molecule has 1 aliphatic heterocycles. The zero-order valence-electron chi connectivity index (χ0n) is 13.2. The molecule has 0 aromatic carbocycles. The van der Waals surface area contributed by atoms with Gasteiger partial charge < -0.3 is 0 Å². The summed E-state index contributed by atoms with van der Waals surface area (Å²) in [6, 6.07) is 6.88. The summed E-state index contributed by atoms with van der Waals surface area (Å²) < 4.78 is 0. The molecule has 0 spiro atoms. The summed E-state index contributed by atoms with van der Waals surface area (Å²) in [4.78, 5) is 42.4. The van der Waals surface area contributed by atoms with Gasteiger partial charge in [0.05, 0.1) is 9.75 Å². The number of hydrogen-bond acceptors (Lipinski definition) is 6. The van der Waals surface area contributed by atoms with E-state index >= 15 is 0 Å². The van der Waals surface area contributed by atoms with Crippen LogP contribution in [-0.2, 0) is 4.79 Å². The van der Waals surface area contributed by atoms with Gasteiger partial charge >= 0.3 is 0 Å². The minimum absolute atomic E-state index is 0.225. The highest BCUT2D eigenvalue weighted by Crippen LogP contribution is 2.15. The molecule has 0 aliphatic carbocycles. The lowest BCUT2D eigenvalue weighted by Gasteiger charge is -2.23. The Hall–Kier alpha value is -2.58. The normalized spacial score (nSPS) is 13.2. The Morgan fingerprint density at radius 1 is 1.12 bits per heavy atom. The fourth-order valence-corrected chi connectivity index (χ4v) is 3.51. The number of nitrogens with one attached hydrogen (secondary N) is 1. The Bertz CT molecular complexity index is 775. The Balaban J connectivity index is 1.78. The molecule has 0 saturated heterocycles. The van der Waals surface area contributed by atoms with Crippen LogP contribution in [0.25, 0.3) is 0 Å². The number of carbonyl (C=O) groups is 3. The van der Waals surface area contributed by atoms with Crippen LogP contribution in [0.2, 0.25) is 0 Å². The summed E-state index contributed by atoms with van der Waals surface area (Å²) in [6.07, 6.45) is 4.39. The Labute approximate surface area is 152 Å². The van der Waals surface area contributed by atoms with E-state index in [0.29, 0.717) is 28.2 Å². The van der Waals surface area contributed by atoms with E-state index in [2.05, 4.69) is 10.4 Å². The number of aliphatic imine (C=N–C) groups is 1. The quantitative estimate of drug-likeness (QED) is 0.646. The Kier molecular flexibility index (Phi) is 5.52. The second kappa shape index (κ2) is 8.00. The molecule has 0 radical (unpaired) electrons. The highest BCUT2D eigenvalue weighted by atomic mass is 32.1. The largest absolute Gasteiger partial charge is 0.291 e. The lowest BCUT2D eigenvalue weighted by atomic mass is 10.1. The lowest BCUT2D eigenvalue weighted by Crippen LogP contribution is -2.49. The molecule has 0 unspecified atom stereocenters. The molecular formula is C17H15N3O3S2. The van der Waals surface area contributed by atoms with E-state index in [0.717, 1.165) is 5.01 Å². The summed E-state index contributed by atoms with van der Waals surface area (Å²) in [5.74, 6) is -1.05. The van der Waals surface area contributed by atoms with Crippen molar-refractivity contribution in [2.24, 2.45) is 4.99 Å². The molecule has 0 fully saturated rings. The van der Waals surface area contributed by atoms with Crippen LogP contribution < -0.4 is 5.43 Å². The van der Waals surface area contributed by atoms with Gasteiger partial charge in [0.25, 0.3) is 11.8 Å². The Morgan fingerprint density at radius 2 is 1.84 bits per heavy atom. The molecule has 1 aliphatic rings. The first-order valence-corrected chi connectivity index (χ1v) is 9.35. The third-order valence-corrected chi connectivity index (χ3v) is 5.26. The fourth-order valence-electron chi connectivity index (χ4n) is 2.24. The average Bonchev–Trinajstić information content (AvgIpc) is 3.34. The van der Waals surface area contributed by atoms with E-state index in [1.807, 2.05) is 0 Å². The van der Waals surface area contributed by atoms with Gasteiger partial charge in [0.2, 0.25) is 0 Å². The van der Waals surface area contributed by atoms with Crippen LogP contribution in [0.5, 0.6) is 0 Å². The third kappa shape index (κ3) is 4.28. The second-order valence-corrected chi connectivity index (χ2v) is 7.13. The fraction of sp³-hybridized carbons (Fsp3) is 0.176. The molecule has 0 bridgehead atoms. The maximum atomic E-state index is 12.7. The minimum Gasteiger partial charge on any atom is -0.291 e. The maximum absolute atomic E-state index is 12.7. The lowest BCUT2D eigenvalue weighted by molar-refractivity contribution is -0.129. The molecule has 128 valence electrons. The minimum atomic E-state index is -0.415. The first kappa shape index (κ1) is 17.2. The number of Topliss-reactive ketones (excluding diaryl/α,β-unsaturated/α-hetero) is 1. The molecule has 2 aromatic heterocycles. The van der Waals surface area contributed by atoms with E-state index in [1.54, 1.807) is 41.2 Å². The van der Waals surface area contributed by atoms with Crippen molar-refractivity contribution in [3.63, 3.8) is 0 Å². The van der Waals surface area contributed by atoms with Crippen molar-refractivity contribution in [1.82, 2.24) is 10.4 Å². The van der Waals surface area contributed by atoms with Gasteiger partial charge in [0.15, 0.2) is 5.78 Å². The maximum Gasteiger partial charge on any atom is 0.279 e. The van der Waals surface area contributed by atoms with Crippen LogP contribution in [0.4, 0.5) is 0 Å². The van der Waals surface area contributed by atoms with Crippen molar-refractivity contribution >= 4 is 46.5 Å². The van der Waals surface area contributed by atoms with E-state index in [4.69, 9.17) is 0 Å². The second-order valence-electron chi connectivity index (χ2n) is 5.23. The number of thiophene rings is 2. The van der Waals surface area contributed by atoms with Crippen LogP contribution in [0.3, 0.4) is 0 Å². The summed E-state index contributed by atoms with van der Waals surface area (Å²) >= 11 is 2.57. The van der Waals surface area contributed by atoms with Gasteiger partial charge in [-0.25, -0.2) is 5.01 Å². The van der Waals surface area contributed by atoms with E-state index < -0.39 is 11.8 Å². The first-order valence-electron chi connectivity index (χ1n) is 7.59. The Morgan fingerprint density at radius 3 is 2.44 bits per heavy atom. The predicted octanol–water partition coefficient (Wildman–Crippen LogP) is 2.91. The molecule has 6 nitrogen and oxygen atoms in total.